The van der Waals surface area contributed by atoms with Gasteiger partial charge in [0.15, 0.2) is 5.17 Å². The van der Waals surface area contributed by atoms with Crippen LogP contribution >= 0.6 is 11.8 Å². The molecule has 0 aromatic heterocycles. The number of thioether (sulfide) groups is 1. The van der Waals surface area contributed by atoms with Crippen molar-refractivity contribution in [3.05, 3.63) is 0 Å². The van der Waals surface area contributed by atoms with Crippen molar-refractivity contribution in [2.75, 3.05) is 6.26 Å². The van der Waals surface area contributed by atoms with E-state index in [2.05, 4.69) is 30.3 Å². The highest BCUT2D eigenvalue weighted by Gasteiger charge is 2.36. The van der Waals surface area contributed by atoms with Crippen LogP contribution in [-0.4, -0.2) is 31.3 Å². The van der Waals surface area contributed by atoms with E-state index in [-0.39, 0.29) is 11.8 Å². The Labute approximate surface area is 101 Å². The van der Waals surface area contributed by atoms with Crippen LogP contribution in [0.4, 0.5) is 0 Å². The molecule has 0 fully saturated rings. The first-order valence-electron chi connectivity index (χ1n) is 5.37. The Hall–Kier alpha value is -0.623. The highest BCUT2D eigenvalue weighted by Crippen LogP contribution is 2.24. The van der Waals surface area contributed by atoms with Crippen molar-refractivity contribution in [3.8, 4) is 0 Å². The lowest BCUT2D eigenvalue weighted by Crippen LogP contribution is -2.45. The molecule has 0 unspecified atom stereocenters. The fourth-order valence-electron chi connectivity index (χ4n) is 1.48. The molecule has 0 aromatic carbocycles. The quantitative estimate of drug-likeness (QED) is 0.619. The average Bonchev–Trinajstić information content (AvgIpc) is 2.23. The van der Waals surface area contributed by atoms with E-state index in [0.29, 0.717) is 11.2 Å². The Balaban J connectivity index is 2.80. The Morgan fingerprint density at radius 2 is 2.06 bits per heavy atom. The molecule has 0 saturated carbocycles. The van der Waals surface area contributed by atoms with Crippen LogP contribution in [0.5, 0.6) is 0 Å². The van der Waals surface area contributed by atoms with E-state index >= 15 is 0 Å². The van der Waals surface area contributed by atoms with Crippen molar-refractivity contribution in [2.24, 2.45) is 10.9 Å². The summed E-state index contributed by atoms with van der Waals surface area (Å²) in [4.78, 5) is 27.4. The van der Waals surface area contributed by atoms with Gasteiger partial charge in [-0.2, -0.15) is 4.99 Å². The third kappa shape index (κ3) is 3.18. The predicted molar refractivity (Wildman–Crippen MR) is 70.4 cm³/mol. The van der Waals surface area contributed by atoms with E-state index in [0.717, 1.165) is 6.04 Å². The third-order valence-corrected chi connectivity index (χ3v) is 6.97. The Kier molecular flexibility index (Phi) is 4.32. The van der Waals surface area contributed by atoms with Crippen LogP contribution in [0.2, 0.25) is 25.2 Å². The number of carbonyl (C=O) groups is 2. The second-order valence-corrected chi connectivity index (χ2v) is 11.0. The summed E-state index contributed by atoms with van der Waals surface area (Å²) >= 11 is 1.29. The summed E-state index contributed by atoms with van der Waals surface area (Å²) in [6.45, 7) is 6.51. The number of amidine groups is 1. The van der Waals surface area contributed by atoms with Crippen molar-refractivity contribution in [1.82, 2.24) is 5.32 Å². The lowest BCUT2D eigenvalue weighted by Gasteiger charge is -2.26. The van der Waals surface area contributed by atoms with E-state index < -0.39 is 14.0 Å². The van der Waals surface area contributed by atoms with E-state index in [4.69, 9.17) is 0 Å². The van der Waals surface area contributed by atoms with Gasteiger partial charge in [0, 0.05) is 8.07 Å². The zero-order valence-corrected chi connectivity index (χ0v) is 12.0. The summed E-state index contributed by atoms with van der Waals surface area (Å²) in [6, 6.07) is 1.77. The molecule has 0 bridgehead atoms. The second kappa shape index (κ2) is 5.14. The summed E-state index contributed by atoms with van der Waals surface area (Å²) in [5.74, 6) is -1.02. The molecule has 0 saturated heterocycles. The molecule has 0 spiro atoms. The number of aliphatic imine (C=N–C) groups is 1. The molecule has 2 amide bonds. The molecule has 1 atom stereocenters. The SMILES string of the molecule is CC[Si](C)(C)C[C@@H]1C(=O)N=C(SC)NC1=O. The van der Waals surface area contributed by atoms with E-state index in [1.54, 1.807) is 6.26 Å². The molecule has 1 aliphatic heterocycles. The Morgan fingerprint density at radius 1 is 1.44 bits per heavy atom. The standard InChI is InChI=1S/C10H18N2O2SSi/c1-5-16(3,4)6-7-8(13)11-10(15-2)12-9(7)14/h7H,5-6H2,1-4H3,(H,11,12,13,14). The summed E-state index contributed by atoms with van der Waals surface area (Å²) in [6.07, 6.45) is 1.79. The molecule has 16 heavy (non-hydrogen) atoms. The van der Waals surface area contributed by atoms with Gasteiger partial charge in [-0.3, -0.25) is 9.59 Å². The molecular formula is C10H18N2O2SSi. The topological polar surface area (TPSA) is 58.5 Å². The van der Waals surface area contributed by atoms with Gasteiger partial charge in [-0.25, -0.2) is 0 Å². The largest absolute Gasteiger partial charge is 0.304 e. The number of hydrogen-bond donors (Lipinski definition) is 1. The Bertz CT molecular complexity index is 342. The number of hydrogen-bond acceptors (Lipinski definition) is 3. The fourth-order valence-corrected chi connectivity index (χ4v) is 3.62. The van der Waals surface area contributed by atoms with Crippen LogP contribution in [-0.2, 0) is 9.59 Å². The van der Waals surface area contributed by atoms with Crippen molar-refractivity contribution < 1.29 is 9.59 Å². The molecular weight excluding hydrogens is 240 g/mol. The normalized spacial score (nSPS) is 21.8. The number of carbonyl (C=O) groups excluding carboxylic acids is 2. The van der Waals surface area contributed by atoms with E-state index in [1.165, 1.54) is 11.8 Å². The minimum absolute atomic E-state index is 0.182. The van der Waals surface area contributed by atoms with E-state index in [9.17, 15) is 9.59 Å². The molecule has 0 aliphatic carbocycles. The lowest BCUT2D eigenvalue weighted by molar-refractivity contribution is -0.132. The van der Waals surface area contributed by atoms with Crippen LogP contribution < -0.4 is 5.32 Å². The van der Waals surface area contributed by atoms with E-state index in [1.807, 2.05) is 0 Å². The summed E-state index contributed by atoms with van der Waals surface area (Å²) in [5, 5.41) is 3.09. The lowest BCUT2D eigenvalue weighted by atomic mass is 10.1. The van der Waals surface area contributed by atoms with Crippen molar-refractivity contribution in [3.63, 3.8) is 0 Å². The van der Waals surface area contributed by atoms with Gasteiger partial charge >= 0.3 is 0 Å². The minimum atomic E-state index is -1.44. The maximum atomic E-state index is 11.8. The van der Waals surface area contributed by atoms with Gasteiger partial charge < -0.3 is 5.32 Å². The van der Waals surface area contributed by atoms with Gasteiger partial charge in [0.2, 0.25) is 5.91 Å². The van der Waals surface area contributed by atoms with Crippen LogP contribution in [0.1, 0.15) is 6.92 Å². The van der Waals surface area contributed by atoms with Gasteiger partial charge in [0.25, 0.3) is 5.91 Å². The third-order valence-electron chi connectivity index (χ3n) is 2.96. The van der Waals surface area contributed by atoms with Crippen LogP contribution in [0, 0.1) is 5.92 Å². The van der Waals surface area contributed by atoms with Gasteiger partial charge in [-0.05, 0) is 12.3 Å². The van der Waals surface area contributed by atoms with Crippen LogP contribution in [0.3, 0.4) is 0 Å². The van der Waals surface area contributed by atoms with Crippen molar-refractivity contribution >= 4 is 36.8 Å². The summed E-state index contributed by atoms with van der Waals surface area (Å²) in [5.41, 5.74) is 0. The molecule has 1 heterocycles. The van der Waals surface area contributed by atoms with Crippen LogP contribution in [0.25, 0.3) is 0 Å². The Morgan fingerprint density at radius 3 is 2.50 bits per heavy atom. The van der Waals surface area contributed by atoms with Crippen molar-refractivity contribution in [1.29, 1.82) is 0 Å². The molecule has 0 aromatic rings. The highest BCUT2D eigenvalue weighted by atomic mass is 32.2. The zero-order chi connectivity index (χ0) is 12.3. The minimum Gasteiger partial charge on any atom is -0.304 e. The first-order valence-corrected chi connectivity index (χ1v) is 10.0. The molecule has 6 heteroatoms. The maximum Gasteiger partial charge on any atom is 0.260 e. The molecule has 1 N–H and O–H groups in total. The number of nitrogens with zero attached hydrogens (tertiary/aromatic N) is 1. The summed E-state index contributed by atoms with van der Waals surface area (Å²) < 4.78 is 0. The van der Waals surface area contributed by atoms with Gasteiger partial charge in [0.1, 0.15) is 5.92 Å². The maximum absolute atomic E-state index is 11.8. The molecule has 90 valence electrons. The number of nitrogens with one attached hydrogen (secondary N) is 1. The van der Waals surface area contributed by atoms with Gasteiger partial charge in [-0.1, -0.05) is 37.8 Å². The first kappa shape index (κ1) is 13.4. The molecule has 4 nitrogen and oxygen atoms in total. The molecule has 1 rings (SSSR count). The monoisotopic (exact) mass is 258 g/mol. The number of rotatable bonds is 3. The fraction of sp³-hybridized carbons (Fsp3) is 0.700. The average molecular weight is 258 g/mol. The van der Waals surface area contributed by atoms with Gasteiger partial charge in [-0.15, -0.1) is 0 Å². The highest BCUT2D eigenvalue weighted by molar-refractivity contribution is 8.13. The smallest absolute Gasteiger partial charge is 0.260 e. The molecule has 0 radical (unpaired) electrons. The predicted octanol–water partition coefficient (Wildman–Crippen LogP) is 1.71. The van der Waals surface area contributed by atoms with Crippen molar-refractivity contribution in [2.45, 2.75) is 32.1 Å². The van der Waals surface area contributed by atoms with Gasteiger partial charge in [0.05, 0.1) is 0 Å². The van der Waals surface area contributed by atoms with Crippen LogP contribution in [0.15, 0.2) is 4.99 Å². The zero-order valence-electron chi connectivity index (χ0n) is 10.2. The number of amides is 2. The molecule has 1 aliphatic rings. The summed E-state index contributed by atoms with van der Waals surface area (Å²) in [7, 11) is -1.44. The second-order valence-electron chi connectivity index (χ2n) is 4.72. The first-order chi connectivity index (χ1) is 7.39.